The van der Waals surface area contributed by atoms with Gasteiger partial charge in [-0.3, -0.25) is 4.79 Å². The van der Waals surface area contributed by atoms with Gasteiger partial charge in [-0.2, -0.15) is 0 Å². The zero-order valence-corrected chi connectivity index (χ0v) is 20.6. The highest BCUT2D eigenvalue weighted by molar-refractivity contribution is 9.11. The summed E-state index contributed by atoms with van der Waals surface area (Å²) in [6.45, 7) is 2.66. The number of benzene rings is 2. The Hall–Kier alpha value is -2.04. The van der Waals surface area contributed by atoms with E-state index in [4.69, 9.17) is 9.47 Å². The van der Waals surface area contributed by atoms with Gasteiger partial charge in [-0.1, -0.05) is 27.7 Å². The standard InChI is InChI=1S/C20H20Br2N4O3S/c1-4-26-19(12-7-14(28-2)10-15(8-12)29-3)24-25-20(26)30-11-18(27)23-17-9-13(21)5-6-16(17)22/h5-10H,4,11H2,1-3H3,(H,23,27). The number of carbonyl (C=O) groups excluding carboxylic acids is 1. The average molecular weight is 556 g/mol. The molecular weight excluding hydrogens is 536 g/mol. The van der Waals surface area contributed by atoms with Crippen molar-refractivity contribution in [2.75, 3.05) is 25.3 Å². The number of thioether (sulfide) groups is 1. The van der Waals surface area contributed by atoms with E-state index in [-0.39, 0.29) is 11.7 Å². The number of hydrogen-bond acceptors (Lipinski definition) is 6. The number of nitrogens with zero attached hydrogens (tertiary/aromatic N) is 3. The van der Waals surface area contributed by atoms with E-state index < -0.39 is 0 Å². The van der Waals surface area contributed by atoms with Crippen molar-refractivity contribution in [3.05, 3.63) is 45.3 Å². The van der Waals surface area contributed by atoms with E-state index in [0.717, 1.165) is 14.5 Å². The first-order valence-electron chi connectivity index (χ1n) is 8.99. The third-order valence-corrected chi connectivity index (χ3v) is 6.33. The minimum Gasteiger partial charge on any atom is -0.497 e. The van der Waals surface area contributed by atoms with Crippen molar-refractivity contribution in [3.63, 3.8) is 0 Å². The zero-order valence-electron chi connectivity index (χ0n) is 16.6. The van der Waals surface area contributed by atoms with Gasteiger partial charge in [-0.05, 0) is 53.2 Å². The highest BCUT2D eigenvalue weighted by Crippen LogP contribution is 2.31. The van der Waals surface area contributed by atoms with Gasteiger partial charge in [0.25, 0.3) is 0 Å². The lowest BCUT2D eigenvalue weighted by Gasteiger charge is -2.11. The molecule has 3 rings (SSSR count). The summed E-state index contributed by atoms with van der Waals surface area (Å²) in [4.78, 5) is 12.4. The molecule has 0 saturated heterocycles. The molecule has 0 aliphatic carbocycles. The van der Waals surface area contributed by atoms with Crippen LogP contribution in [0, 0.1) is 0 Å². The number of aromatic nitrogens is 3. The Kier molecular flexibility index (Phi) is 7.79. The number of methoxy groups -OCH3 is 2. The molecule has 0 atom stereocenters. The molecule has 1 N–H and O–H groups in total. The Morgan fingerprint density at radius 3 is 2.43 bits per heavy atom. The number of anilines is 1. The van der Waals surface area contributed by atoms with Crippen LogP contribution in [0.15, 0.2) is 50.5 Å². The number of halogens is 2. The van der Waals surface area contributed by atoms with Gasteiger partial charge >= 0.3 is 0 Å². The van der Waals surface area contributed by atoms with Gasteiger partial charge in [0.05, 0.1) is 25.7 Å². The van der Waals surface area contributed by atoms with Crippen LogP contribution in [-0.2, 0) is 11.3 Å². The fraction of sp³-hybridized carbons (Fsp3) is 0.250. The highest BCUT2D eigenvalue weighted by atomic mass is 79.9. The van der Waals surface area contributed by atoms with E-state index in [1.807, 2.05) is 41.8 Å². The van der Waals surface area contributed by atoms with Crippen LogP contribution >= 0.6 is 43.6 Å². The molecule has 0 bridgehead atoms. The van der Waals surface area contributed by atoms with Crippen LogP contribution in [0.2, 0.25) is 0 Å². The third kappa shape index (κ3) is 5.35. The van der Waals surface area contributed by atoms with Crippen molar-refractivity contribution in [1.82, 2.24) is 14.8 Å². The van der Waals surface area contributed by atoms with Gasteiger partial charge in [0.1, 0.15) is 11.5 Å². The molecule has 0 spiro atoms. The lowest BCUT2D eigenvalue weighted by molar-refractivity contribution is -0.113. The zero-order chi connectivity index (χ0) is 21.7. The fourth-order valence-electron chi connectivity index (χ4n) is 2.74. The largest absolute Gasteiger partial charge is 0.497 e. The molecule has 1 aromatic heterocycles. The first-order valence-corrected chi connectivity index (χ1v) is 11.6. The van der Waals surface area contributed by atoms with Gasteiger partial charge in [0, 0.05) is 27.1 Å². The Labute approximate surface area is 195 Å². The van der Waals surface area contributed by atoms with E-state index in [0.29, 0.717) is 34.7 Å². The average Bonchev–Trinajstić information content (AvgIpc) is 3.17. The van der Waals surface area contributed by atoms with Gasteiger partial charge in [-0.25, -0.2) is 0 Å². The van der Waals surface area contributed by atoms with E-state index in [1.165, 1.54) is 11.8 Å². The number of hydrogen-bond donors (Lipinski definition) is 1. The van der Waals surface area contributed by atoms with E-state index in [9.17, 15) is 4.79 Å². The molecule has 0 saturated carbocycles. The Bertz CT molecular complexity index is 1040. The highest BCUT2D eigenvalue weighted by Gasteiger charge is 2.16. The molecule has 0 fully saturated rings. The van der Waals surface area contributed by atoms with E-state index in [1.54, 1.807) is 20.3 Å². The van der Waals surface area contributed by atoms with Crippen molar-refractivity contribution in [3.8, 4) is 22.9 Å². The lowest BCUT2D eigenvalue weighted by atomic mass is 10.2. The first-order chi connectivity index (χ1) is 14.4. The minimum absolute atomic E-state index is 0.131. The molecule has 0 radical (unpaired) electrons. The number of nitrogens with one attached hydrogen (secondary N) is 1. The monoisotopic (exact) mass is 554 g/mol. The van der Waals surface area contributed by atoms with E-state index in [2.05, 4.69) is 47.4 Å². The van der Waals surface area contributed by atoms with Crippen molar-refractivity contribution < 1.29 is 14.3 Å². The number of rotatable bonds is 8. The summed E-state index contributed by atoms with van der Waals surface area (Å²) in [5.41, 5.74) is 1.53. The van der Waals surface area contributed by atoms with Gasteiger partial charge in [-0.15, -0.1) is 10.2 Å². The molecule has 0 aliphatic rings. The lowest BCUT2D eigenvalue weighted by Crippen LogP contribution is -2.15. The van der Waals surface area contributed by atoms with Crippen LogP contribution in [0.1, 0.15) is 6.92 Å². The molecule has 1 amide bonds. The quantitative estimate of drug-likeness (QED) is 0.383. The molecule has 3 aromatic rings. The first kappa shape index (κ1) is 22.6. The molecule has 30 heavy (non-hydrogen) atoms. The Balaban J connectivity index is 1.76. The smallest absolute Gasteiger partial charge is 0.234 e. The second-order valence-electron chi connectivity index (χ2n) is 6.11. The SMILES string of the molecule is CCn1c(SCC(=O)Nc2cc(Br)ccc2Br)nnc1-c1cc(OC)cc(OC)c1. The summed E-state index contributed by atoms with van der Waals surface area (Å²) in [5.74, 6) is 2.10. The van der Waals surface area contributed by atoms with Crippen LogP contribution in [0.5, 0.6) is 11.5 Å². The van der Waals surface area contributed by atoms with Crippen molar-refractivity contribution in [2.45, 2.75) is 18.6 Å². The summed E-state index contributed by atoms with van der Waals surface area (Å²) in [7, 11) is 3.21. The van der Waals surface area contributed by atoms with Crippen LogP contribution in [0.3, 0.4) is 0 Å². The van der Waals surface area contributed by atoms with Crippen LogP contribution in [0.25, 0.3) is 11.4 Å². The molecular formula is C20H20Br2N4O3S. The number of amides is 1. The normalized spacial score (nSPS) is 10.7. The summed E-state index contributed by atoms with van der Waals surface area (Å²) >= 11 is 8.18. The summed E-state index contributed by atoms with van der Waals surface area (Å²) in [6.07, 6.45) is 0. The topological polar surface area (TPSA) is 78.3 Å². The molecule has 2 aromatic carbocycles. The maximum Gasteiger partial charge on any atom is 0.234 e. The Morgan fingerprint density at radius 2 is 1.80 bits per heavy atom. The van der Waals surface area contributed by atoms with Crippen molar-refractivity contribution >= 4 is 55.2 Å². The van der Waals surface area contributed by atoms with Crippen molar-refractivity contribution in [1.29, 1.82) is 0 Å². The molecule has 158 valence electrons. The van der Waals surface area contributed by atoms with Crippen LogP contribution < -0.4 is 14.8 Å². The van der Waals surface area contributed by atoms with Gasteiger partial charge < -0.3 is 19.4 Å². The fourth-order valence-corrected chi connectivity index (χ4v) is 4.25. The summed E-state index contributed by atoms with van der Waals surface area (Å²) < 4.78 is 14.4. The maximum atomic E-state index is 12.4. The summed E-state index contributed by atoms with van der Waals surface area (Å²) in [5, 5.41) is 12.2. The maximum absolute atomic E-state index is 12.4. The van der Waals surface area contributed by atoms with Gasteiger partial charge in [0.2, 0.25) is 5.91 Å². The van der Waals surface area contributed by atoms with Crippen molar-refractivity contribution in [2.24, 2.45) is 0 Å². The predicted molar refractivity (Wildman–Crippen MR) is 125 cm³/mol. The predicted octanol–water partition coefficient (Wildman–Crippen LogP) is 5.24. The molecule has 10 heteroatoms. The third-order valence-electron chi connectivity index (χ3n) is 4.18. The Morgan fingerprint density at radius 1 is 1.10 bits per heavy atom. The second kappa shape index (κ2) is 10.3. The van der Waals surface area contributed by atoms with Crippen LogP contribution in [0.4, 0.5) is 5.69 Å². The second-order valence-corrected chi connectivity index (χ2v) is 8.83. The minimum atomic E-state index is -0.131. The molecule has 0 unspecified atom stereocenters. The summed E-state index contributed by atoms with van der Waals surface area (Å²) in [6, 6.07) is 11.2. The molecule has 1 heterocycles. The molecule has 7 nitrogen and oxygen atoms in total. The van der Waals surface area contributed by atoms with E-state index >= 15 is 0 Å². The number of ether oxygens (including phenoxy) is 2. The van der Waals surface area contributed by atoms with Crippen LogP contribution in [-0.4, -0.2) is 40.6 Å². The molecule has 0 aliphatic heterocycles. The van der Waals surface area contributed by atoms with Gasteiger partial charge in [0.15, 0.2) is 11.0 Å². The number of carbonyl (C=O) groups is 1.